The number of hydrogen-bond donors (Lipinski definition) is 1. The van der Waals surface area contributed by atoms with Gasteiger partial charge in [0.15, 0.2) is 0 Å². The first kappa shape index (κ1) is 24.8. The van der Waals surface area contributed by atoms with Crippen LogP contribution in [0.2, 0.25) is 0 Å². The highest BCUT2D eigenvalue weighted by atomic mass is 79.9. The van der Waals surface area contributed by atoms with E-state index in [-0.39, 0.29) is 24.3 Å². The van der Waals surface area contributed by atoms with Gasteiger partial charge in [0.2, 0.25) is 0 Å². The molecule has 1 aliphatic heterocycles. The smallest absolute Gasteiger partial charge is 0.379 e. The number of hydrogen-bond acceptors (Lipinski definition) is 4. The molecule has 2 aromatic rings. The number of alkyl halides is 2. The molecule has 174 valence electrons. The van der Waals surface area contributed by atoms with Crippen LogP contribution in [-0.4, -0.2) is 27.5 Å². The minimum absolute atomic E-state index is 0.0368. The van der Waals surface area contributed by atoms with Crippen LogP contribution in [0.15, 0.2) is 53.0 Å². The minimum Gasteiger partial charge on any atom is -0.485 e. The second kappa shape index (κ2) is 9.19. The number of halogens is 3. The molecule has 1 aliphatic rings. The van der Waals surface area contributed by atoms with Crippen LogP contribution >= 0.6 is 15.9 Å². The molecule has 0 aliphatic carbocycles. The minimum atomic E-state index is -4.05. The summed E-state index contributed by atoms with van der Waals surface area (Å²) >= 11 is 3.32. The normalized spacial score (nSPS) is 21.9. The van der Waals surface area contributed by atoms with E-state index in [4.69, 9.17) is 9.47 Å². The Bertz CT molecular complexity index is 1010. The van der Waals surface area contributed by atoms with Crippen molar-refractivity contribution in [1.29, 1.82) is 0 Å². The van der Waals surface area contributed by atoms with E-state index in [2.05, 4.69) is 20.7 Å². The van der Waals surface area contributed by atoms with Crippen LogP contribution in [0.5, 0.6) is 5.75 Å². The van der Waals surface area contributed by atoms with E-state index in [0.717, 1.165) is 0 Å². The number of nitrogens with one attached hydrogen (secondary N) is 1. The average molecular weight is 530 g/mol. The number of rotatable bonds is 6. The third-order valence-corrected chi connectivity index (χ3v) is 7.36. The summed E-state index contributed by atoms with van der Waals surface area (Å²) in [6.45, 7) is 6.26. The molecular weight excluding hydrogens is 504 g/mol. The van der Waals surface area contributed by atoms with Gasteiger partial charge in [-0.3, -0.25) is 0 Å². The van der Waals surface area contributed by atoms with E-state index < -0.39 is 39.3 Å². The van der Waals surface area contributed by atoms with Gasteiger partial charge in [0.1, 0.15) is 17.4 Å². The molecular formula is C23H26BrF2NO4S. The van der Waals surface area contributed by atoms with Gasteiger partial charge in [-0.25, -0.2) is 13.7 Å². The largest absolute Gasteiger partial charge is 0.485 e. The predicted molar refractivity (Wildman–Crippen MR) is 123 cm³/mol. The van der Waals surface area contributed by atoms with Crippen LogP contribution in [0.3, 0.4) is 0 Å². The Labute approximate surface area is 197 Å². The van der Waals surface area contributed by atoms with E-state index in [9.17, 15) is 9.00 Å². The Kier molecular flexibility index (Phi) is 7.12. The molecule has 0 bridgehead atoms. The van der Waals surface area contributed by atoms with Crippen molar-refractivity contribution in [1.82, 2.24) is 4.72 Å². The van der Waals surface area contributed by atoms with Crippen molar-refractivity contribution in [3.05, 3.63) is 64.1 Å². The number of carbonyl (C=O) groups excluding carboxylic acids is 1. The maximum Gasteiger partial charge on any atom is 0.379 e. The molecule has 3 rings (SSSR count). The second-order valence-electron chi connectivity index (χ2n) is 8.55. The van der Waals surface area contributed by atoms with Gasteiger partial charge in [-0.15, -0.1) is 0 Å². The standard InChI is InChI=1S/C23H26BrF2NO4S/c1-5-30-20(28)23(25,26)22(27-32(29)21(2,3)4)14-19(15-9-7-6-8-10-15)31-18-12-11-16(24)13-17(18)22/h6-13,19,27H,5,14H2,1-4H3. The molecule has 1 N–H and O–H groups in total. The summed E-state index contributed by atoms with van der Waals surface area (Å²) in [4.78, 5) is 12.6. The van der Waals surface area contributed by atoms with Gasteiger partial charge in [-0.2, -0.15) is 8.78 Å². The Morgan fingerprint density at radius 1 is 1.25 bits per heavy atom. The zero-order valence-electron chi connectivity index (χ0n) is 18.3. The molecule has 3 unspecified atom stereocenters. The van der Waals surface area contributed by atoms with Gasteiger partial charge in [-0.05, 0) is 51.5 Å². The van der Waals surface area contributed by atoms with Crippen molar-refractivity contribution in [2.75, 3.05) is 6.61 Å². The van der Waals surface area contributed by atoms with Crippen LogP contribution in [0, 0.1) is 0 Å². The first-order chi connectivity index (χ1) is 14.9. The number of esters is 1. The molecule has 5 nitrogen and oxygen atoms in total. The van der Waals surface area contributed by atoms with E-state index in [1.165, 1.54) is 13.0 Å². The maximum atomic E-state index is 16.1. The van der Waals surface area contributed by atoms with Gasteiger partial charge in [0.25, 0.3) is 0 Å². The quantitative estimate of drug-likeness (QED) is 0.507. The fourth-order valence-corrected chi connectivity index (χ4v) is 4.85. The van der Waals surface area contributed by atoms with Crippen LogP contribution in [0.1, 0.15) is 51.3 Å². The van der Waals surface area contributed by atoms with Crippen molar-refractivity contribution in [3.8, 4) is 5.75 Å². The molecule has 32 heavy (non-hydrogen) atoms. The lowest BCUT2D eigenvalue weighted by Crippen LogP contribution is -2.63. The predicted octanol–water partition coefficient (Wildman–Crippen LogP) is 5.42. The molecule has 0 fully saturated rings. The number of benzene rings is 2. The Morgan fingerprint density at radius 3 is 2.50 bits per heavy atom. The summed E-state index contributed by atoms with van der Waals surface area (Å²) in [6, 6.07) is 13.6. The molecule has 0 saturated heterocycles. The fraction of sp³-hybridized carbons (Fsp3) is 0.435. The van der Waals surface area contributed by atoms with Gasteiger partial charge < -0.3 is 9.47 Å². The van der Waals surface area contributed by atoms with Crippen molar-refractivity contribution in [2.45, 2.75) is 56.4 Å². The maximum absolute atomic E-state index is 16.1. The molecule has 9 heteroatoms. The molecule has 0 aromatic heterocycles. The van der Waals surface area contributed by atoms with E-state index >= 15 is 8.78 Å². The van der Waals surface area contributed by atoms with Crippen LogP contribution in [-0.2, 0) is 26.1 Å². The average Bonchev–Trinajstić information content (AvgIpc) is 2.73. The highest BCUT2D eigenvalue weighted by Gasteiger charge is 2.65. The number of fused-ring (bicyclic) bond motifs is 1. The van der Waals surface area contributed by atoms with E-state index in [0.29, 0.717) is 10.0 Å². The summed E-state index contributed by atoms with van der Waals surface area (Å²) in [5.41, 5.74) is -1.64. The monoisotopic (exact) mass is 529 g/mol. The highest BCUT2D eigenvalue weighted by Crippen LogP contribution is 2.53. The molecule has 1 heterocycles. The lowest BCUT2D eigenvalue weighted by atomic mass is 9.76. The van der Waals surface area contributed by atoms with Gasteiger partial charge in [0.05, 0.1) is 22.3 Å². The van der Waals surface area contributed by atoms with Crippen LogP contribution in [0.4, 0.5) is 8.78 Å². The summed E-state index contributed by atoms with van der Waals surface area (Å²) in [5.74, 6) is -5.55. The molecule has 2 aromatic carbocycles. The zero-order valence-corrected chi connectivity index (χ0v) is 20.7. The summed E-state index contributed by atoms with van der Waals surface area (Å²) in [5, 5.41) is 0. The zero-order chi connectivity index (χ0) is 23.7. The topological polar surface area (TPSA) is 64.6 Å². The molecule has 0 spiro atoms. The van der Waals surface area contributed by atoms with Gasteiger partial charge in [0, 0.05) is 16.5 Å². The molecule has 3 atom stereocenters. The fourth-order valence-electron chi connectivity index (χ4n) is 3.54. The Morgan fingerprint density at radius 2 is 1.91 bits per heavy atom. The highest BCUT2D eigenvalue weighted by molar-refractivity contribution is 9.10. The van der Waals surface area contributed by atoms with E-state index in [1.54, 1.807) is 57.2 Å². The van der Waals surface area contributed by atoms with E-state index in [1.807, 2.05) is 6.07 Å². The third kappa shape index (κ3) is 4.61. The Balaban J connectivity index is 2.27. The number of carbonyl (C=O) groups is 1. The van der Waals surface area contributed by atoms with Crippen molar-refractivity contribution >= 4 is 32.9 Å². The summed E-state index contributed by atoms with van der Waals surface area (Å²) < 4.78 is 58.4. The van der Waals surface area contributed by atoms with Crippen LogP contribution in [0.25, 0.3) is 0 Å². The van der Waals surface area contributed by atoms with Crippen LogP contribution < -0.4 is 9.46 Å². The van der Waals surface area contributed by atoms with Gasteiger partial charge in [-0.1, -0.05) is 46.3 Å². The van der Waals surface area contributed by atoms with Gasteiger partial charge >= 0.3 is 11.9 Å². The van der Waals surface area contributed by atoms with Crippen molar-refractivity contribution in [3.63, 3.8) is 0 Å². The number of ether oxygens (including phenoxy) is 2. The first-order valence-corrected chi connectivity index (χ1v) is 12.1. The lowest BCUT2D eigenvalue weighted by Gasteiger charge is -2.46. The third-order valence-electron chi connectivity index (χ3n) is 5.22. The SMILES string of the molecule is CCOC(=O)C(F)(F)C1(NS(=O)C(C)(C)C)CC(c2ccccc2)Oc2ccc(Br)cc21. The summed E-state index contributed by atoms with van der Waals surface area (Å²) in [6.07, 6.45) is -1.15. The summed E-state index contributed by atoms with van der Waals surface area (Å²) in [7, 11) is -1.94. The Hall–Kier alpha value is -1.84. The first-order valence-electron chi connectivity index (χ1n) is 10.2. The molecule has 0 radical (unpaired) electrons. The molecule has 0 amide bonds. The molecule has 0 saturated carbocycles. The lowest BCUT2D eigenvalue weighted by molar-refractivity contribution is -0.189. The van der Waals surface area contributed by atoms with Crippen molar-refractivity contribution in [2.24, 2.45) is 0 Å². The van der Waals surface area contributed by atoms with Crippen molar-refractivity contribution < 1.29 is 27.3 Å². The second-order valence-corrected chi connectivity index (χ2v) is 11.4.